The van der Waals surface area contributed by atoms with Crippen LogP contribution in [0.15, 0.2) is 66.7 Å². The molecule has 32 heavy (non-hydrogen) atoms. The highest BCUT2D eigenvalue weighted by Gasteiger charge is 2.35. The molecule has 5 rings (SSSR count). The highest BCUT2D eigenvalue weighted by Crippen LogP contribution is 2.40. The molecule has 0 aromatic heterocycles. The normalized spacial score (nSPS) is 19.0. The number of para-hydroxylation sites is 1. The standard InChI is InChI=1S/C25H24ClFN4O/c1-29-12-14-30(15-13-29)19-9-6-17(7-10-19)24-28-22-5-3-2-4-20(22)25(32)31(24)23-11-8-18(27)16-21(23)26/h2-11,16,24,28H,12-15H2,1H3. The molecule has 0 saturated carbocycles. The first-order valence-electron chi connectivity index (χ1n) is 10.7. The van der Waals surface area contributed by atoms with Gasteiger partial charge in [-0.15, -0.1) is 0 Å². The summed E-state index contributed by atoms with van der Waals surface area (Å²) in [5, 5.41) is 3.66. The Bertz CT molecular complexity index is 1140. The topological polar surface area (TPSA) is 38.8 Å². The average molecular weight is 451 g/mol. The van der Waals surface area contributed by atoms with E-state index in [1.54, 1.807) is 17.0 Å². The van der Waals surface area contributed by atoms with Gasteiger partial charge in [-0.3, -0.25) is 9.69 Å². The van der Waals surface area contributed by atoms with E-state index in [1.807, 2.05) is 30.3 Å². The molecule has 1 atom stereocenters. The van der Waals surface area contributed by atoms with Crippen molar-refractivity contribution in [2.45, 2.75) is 6.17 Å². The number of halogens is 2. The number of hydrogen-bond donors (Lipinski definition) is 1. The molecule has 1 saturated heterocycles. The summed E-state index contributed by atoms with van der Waals surface area (Å²) in [6, 6.07) is 19.8. The molecule has 2 aliphatic rings. The number of nitrogens with one attached hydrogen (secondary N) is 1. The van der Waals surface area contributed by atoms with E-state index in [0.29, 0.717) is 11.3 Å². The Morgan fingerprint density at radius 3 is 2.41 bits per heavy atom. The summed E-state index contributed by atoms with van der Waals surface area (Å²) >= 11 is 6.37. The second-order valence-corrected chi connectivity index (χ2v) is 8.65. The number of nitrogens with zero attached hydrogens (tertiary/aromatic N) is 3. The summed E-state index contributed by atoms with van der Waals surface area (Å²) in [6.45, 7) is 4.05. The van der Waals surface area contributed by atoms with Crippen LogP contribution in [0.5, 0.6) is 0 Å². The van der Waals surface area contributed by atoms with Crippen molar-refractivity contribution in [3.05, 3.63) is 88.7 Å². The van der Waals surface area contributed by atoms with Gasteiger partial charge in [-0.25, -0.2) is 4.39 Å². The fraction of sp³-hybridized carbons (Fsp3) is 0.240. The summed E-state index contributed by atoms with van der Waals surface area (Å²) in [5.74, 6) is -0.620. The Morgan fingerprint density at radius 2 is 1.69 bits per heavy atom. The first-order valence-corrected chi connectivity index (χ1v) is 11.1. The summed E-state index contributed by atoms with van der Waals surface area (Å²) in [7, 11) is 2.14. The first-order chi connectivity index (χ1) is 15.5. The zero-order chi connectivity index (χ0) is 22.2. The molecule has 3 aromatic rings. The monoisotopic (exact) mass is 450 g/mol. The molecule has 5 nitrogen and oxygen atoms in total. The Balaban J connectivity index is 1.52. The molecule has 0 aliphatic carbocycles. The third-order valence-electron chi connectivity index (χ3n) is 6.17. The smallest absolute Gasteiger partial charge is 0.262 e. The van der Waals surface area contributed by atoms with Gasteiger partial charge in [0, 0.05) is 37.6 Å². The van der Waals surface area contributed by atoms with Crippen molar-refractivity contribution < 1.29 is 9.18 Å². The summed E-state index contributed by atoms with van der Waals surface area (Å²) in [4.78, 5) is 19.8. The predicted octanol–water partition coefficient (Wildman–Crippen LogP) is 5.00. The van der Waals surface area contributed by atoms with Crippen molar-refractivity contribution in [2.24, 2.45) is 0 Å². The molecule has 0 bridgehead atoms. The zero-order valence-corrected chi connectivity index (χ0v) is 18.5. The highest BCUT2D eigenvalue weighted by atomic mass is 35.5. The maximum atomic E-state index is 13.7. The number of carbonyl (C=O) groups excluding carboxylic acids is 1. The van der Waals surface area contributed by atoms with Crippen LogP contribution in [0.3, 0.4) is 0 Å². The van der Waals surface area contributed by atoms with E-state index < -0.39 is 12.0 Å². The fourth-order valence-corrected chi connectivity index (χ4v) is 4.60. The molecule has 1 unspecified atom stereocenters. The average Bonchev–Trinajstić information content (AvgIpc) is 2.80. The van der Waals surface area contributed by atoms with Crippen molar-refractivity contribution >= 4 is 34.6 Å². The maximum Gasteiger partial charge on any atom is 0.262 e. The molecule has 1 fully saturated rings. The van der Waals surface area contributed by atoms with Crippen LogP contribution in [0.25, 0.3) is 0 Å². The van der Waals surface area contributed by atoms with E-state index in [0.717, 1.165) is 43.1 Å². The minimum absolute atomic E-state index is 0.180. The molecule has 0 radical (unpaired) electrons. The predicted molar refractivity (Wildman–Crippen MR) is 127 cm³/mol. The lowest BCUT2D eigenvalue weighted by Gasteiger charge is -2.39. The van der Waals surface area contributed by atoms with Gasteiger partial charge >= 0.3 is 0 Å². The Kier molecular flexibility index (Phi) is 5.49. The van der Waals surface area contributed by atoms with Crippen molar-refractivity contribution in [3.8, 4) is 0 Å². The lowest BCUT2D eigenvalue weighted by atomic mass is 10.0. The quantitative estimate of drug-likeness (QED) is 0.609. The summed E-state index contributed by atoms with van der Waals surface area (Å²) in [6.07, 6.45) is -0.470. The van der Waals surface area contributed by atoms with Gasteiger partial charge in [0.05, 0.1) is 16.3 Å². The Morgan fingerprint density at radius 1 is 0.969 bits per heavy atom. The van der Waals surface area contributed by atoms with Gasteiger partial charge in [0.1, 0.15) is 12.0 Å². The van der Waals surface area contributed by atoms with Gasteiger partial charge in [0.2, 0.25) is 0 Å². The molecule has 164 valence electrons. The summed E-state index contributed by atoms with van der Waals surface area (Å²) < 4.78 is 13.7. The zero-order valence-electron chi connectivity index (χ0n) is 17.8. The maximum absolute atomic E-state index is 13.7. The van der Waals surface area contributed by atoms with Crippen LogP contribution < -0.4 is 15.1 Å². The van der Waals surface area contributed by atoms with Crippen LogP contribution in [0.4, 0.5) is 21.5 Å². The molecule has 0 spiro atoms. The number of benzene rings is 3. The van der Waals surface area contributed by atoms with Gasteiger partial charge in [0.15, 0.2) is 0 Å². The fourth-order valence-electron chi connectivity index (χ4n) is 4.34. The SMILES string of the molecule is CN1CCN(c2ccc(C3Nc4ccccc4C(=O)N3c3ccc(F)cc3Cl)cc2)CC1. The van der Waals surface area contributed by atoms with Gasteiger partial charge < -0.3 is 15.1 Å². The second-order valence-electron chi connectivity index (χ2n) is 8.25. The molecule has 7 heteroatoms. The molecule has 1 amide bonds. The second kappa shape index (κ2) is 8.45. The lowest BCUT2D eigenvalue weighted by Crippen LogP contribution is -2.44. The van der Waals surface area contributed by atoms with Crippen LogP contribution >= 0.6 is 11.6 Å². The van der Waals surface area contributed by atoms with Crippen LogP contribution in [-0.4, -0.2) is 44.0 Å². The molecule has 3 aromatic carbocycles. The highest BCUT2D eigenvalue weighted by molar-refractivity contribution is 6.34. The molecule has 1 N–H and O–H groups in total. The van der Waals surface area contributed by atoms with Gasteiger partial charge in [-0.1, -0.05) is 35.9 Å². The number of carbonyl (C=O) groups is 1. The number of likely N-dealkylation sites (N-methyl/N-ethyl adjacent to an activating group) is 1. The van der Waals surface area contributed by atoms with Crippen molar-refractivity contribution in [3.63, 3.8) is 0 Å². The number of fused-ring (bicyclic) bond motifs is 1. The van der Waals surface area contributed by atoms with Crippen molar-refractivity contribution in [1.29, 1.82) is 0 Å². The third kappa shape index (κ3) is 3.80. The van der Waals surface area contributed by atoms with E-state index in [9.17, 15) is 9.18 Å². The molecule has 2 heterocycles. The molecular formula is C25H24ClFN4O. The van der Waals surface area contributed by atoms with E-state index in [-0.39, 0.29) is 10.9 Å². The number of piperazine rings is 1. The largest absolute Gasteiger partial charge is 0.369 e. The first kappa shape index (κ1) is 20.8. The van der Waals surface area contributed by atoms with E-state index in [1.165, 1.54) is 12.1 Å². The van der Waals surface area contributed by atoms with Gasteiger partial charge in [-0.2, -0.15) is 0 Å². The van der Waals surface area contributed by atoms with Crippen LogP contribution in [-0.2, 0) is 0 Å². The van der Waals surface area contributed by atoms with E-state index in [4.69, 9.17) is 11.6 Å². The van der Waals surface area contributed by atoms with Crippen molar-refractivity contribution in [1.82, 2.24) is 4.90 Å². The van der Waals surface area contributed by atoms with Gasteiger partial charge in [-0.05, 0) is 55.1 Å². The van der Waals surface area contributed by atoms with Crippen molar-refractivity contribution in [2.75, 3.05) is 48.3 Å². The minimum atomic E-state index is -0.470. The van der Waals surface area contributed by atoms with E-state index >= 15 is 0 Å². The lowest BCUT2D eigenvalue weighted by molar-refractivity contribution is 0.0975. The Hall–Kier alpha value is -3.09. The van der Waals surface area contributed by atoms with Crippen LogP contribution in [0.1, 0.15) is 22.1 Å². The van der Waals surface area contributed by atoms with Gasteiger partial charge in [0.25, 0.3) is 5.91 Å². The number of anilines is 3. The summed E-state index contributed by atoms with van der Waals surface area (Å²) in [5.41, 5.74) is 3.87. The van der Waals surface area contributed by atoms with E-state index in [2.05, 4.69) is 34.3 Å². The molecular weight excluding hydrogens is 427 g/mol. The van der Waals surface area contributed by atoms with Crippen LogP contribution in [0.2, 0.25) is 5.02 Å². The Labute approximate surface area is 192 Å². The number of amides is 1. The molecule has 2 aliphatic heterocycles. The number of hydrogen-bond acceptors (Lipinski definition) is 4. The number of rotatable bonds is 3. The third-order valence-corrected chi connectivity index (χ3v) is 6.48. The van der Waals surface area contributed by atoms with Crippen LogP contribution in [0, 0.1) is 5.82 Å². The minimum Gasteiger partial charge on any atom is -0.369 e.